The molecule has 0 radical (unpaired) electrons. The van der Waals surface area contributed by atoms with Crippen molar-refractivity contribution in [2.24, 2.45) is 0 Å². The van der Waals surface area contributed by atoms with Crippen LogP contribution in [0.1, 0.15) is 21.5 Å². The maximum absolute atomic E-state index is 12.2. The van der Waals surface area contributed by atoms with Gasteiger partial charge in [-0.2, -0.15) is 0 Å². The molecule has 2 aromatic carbocycles. The van der Waals surface area contributed by atoms with Crippen molar-refractivity contribution in [3.8, 4) is 11.5 Å². The van der Waals surface area contributed by atoms with Crippen molar-refractivity contribution in [3.05, 3.63) is 58.1 Å². The number of carbonyl (C=O) groups excluding carboxylic acids is 1. The van der Waals surface area contributed by atoms with Gasteiger partial charge in [0.05, 0.1) is 7.11 Å². The van der Waals surface area contributed by atoms with Gasteiger partial charge < -0.3 is 9.47 Å². The molecule has 0 amide bonds. The Balaban J connectivity index is 2.11. The summed E-state index contributed by atoms with van der Waals surface area (Å²) in [6.45, 7) is 3.80. The highest BCUT2D eigenvalue weighted by molar-refractivity contribution is 6.30. The molecule has 4 heteroatoms. The van der Waals surface area contributed by atoms with Gasteiger partial charge in [0.25, 0.3) is 0 Å². The molecule has 0 aliphatic carbocycles. The van der Waals surface area contributed by atoms with Crippen LogP contribution in [-0.2, 0) is 0 Å². The monoisotopic (exact) mass is 304 g/mol. The lowest BCUT2D eigenvalue weighted by Crippen LogP contribution is -2.12. The number of hydrogen-bond donors (Lipinski definition) is 0. The summed E-state index contributed by atoms with van der Waals surface area (Å²) < 4.78 is 10.8. The number of aryl methyl sites for hydroxylation is 2. The zero-order valence-electron chi connectivity index (χ0n) is 12.3. The van der Waals surface area contributed by atoms with Crippen molar-refractivity contribution in [1.82, 2.24) is 0 Å². The quantitative estimate of drug-likeness (QED) is 0.776. The van der Waals surface area contributed by atoms with Crippen LogP contribution in [0.4, 0.5) is 0 Å². The predicted octanol–water partition coefficient (Wildman–Crippen LogP) is 4.23. The molecule has 110 valence electrons. The van der Waals surface area contributed by atoms with E-state index in [0.717, 1.165) is 11.1 Å². The Labute approximate surface area is 129 Å². The van der Waals surface area contributed by atoms with Gasteiger partial charge in [-0.15, -0.1) is 0 Å². The van der Waals surface area contributed by atoms with Crippen LogP contribution in [0.5, 0.6) is 11.5 Å². The third-order valence-electron chi connectivity index (χ3n) is 3.16. The van der Waals surface area contributed by atoms with E-state index in [-0.39, 0.29) is 12.4 Å². The highest BCUT2D eigenvalue weighted by Gasteiger charge is 2.11. The molecule has 0 heterocycles. The second-order valence-electron chi connectivity index (χ2n) is 4.81. The van der Waals surface area contributed by atoms with Crippen molar-refractivity contribution >= 4 is 17.4 Å². The average Bonchev–Trinajstić information content (AvgIpc) is 2.46. The second-order valence-corrected chi connectivity index (χ2v) is 5.25. The topological polar surface area (TPSA) is 35.5 Å². The fourth-order valence-electron chi connectivity index (χ4n) is 2.14. The van der Waals surface area contributed by atoms with E-state index in [4.69, 9.17) is 21.1 Å². The SMILES string of the molecule is COc1cccc(C(=O)COc2c(C)cc(Cl)cc2C)c1. The highest BCUT2D eigenvalue weighted by Crippen LogP contribution is 2.27. The first-order valence-corrected chi connectivity index (χ1v) is 6.96. The number of ether oxygens (including phenoxy) is 2. The van der Waals surface area contributed by atoms with E-state index in [0.29, 0.717) is 22.1 Å². The number of methoxy groups -OCH3 is 1. The molecule has 0 unspecified atom stereocenters. The summed E-state index contributed by atoms with van der Waals surface area (Å²) >= 11 is 5.98. The van der Waals surface area contributed by atoms with Gasteiger partial charge in [0.15, 0.2) is 12.4 Å². The van der Waals surface area contributed by atoms with Crippen molar-refractivity contribution in [3.63, 3.8) is 0 Å². The Morgan fingerprint density at radius 3 is 2.43 bits per heavy atom. The first kappa shape index (κ1) is 15.4. The van der Waals surface area contributed by atoms with Gasteiger partial charge in [0.2, 0.25) is 0 Å². The van der Waals surface area contributed by atoms with Crippen molar-refractivity contribution < 1.29 is 14.3 Å². The Morgan fingerprint density at radius 2 is 1.81 bits per heavy atom. The normalized spacial score (nSPS) is 10.3. The maximum Gasteiger partial charge on any atom is 0.200 e. The third kappa shape index (κ3) is 3.76. The lowest BCUT2D eigenvalue weighted by atomic mass is 10.1. The largest absolute Gasteiger partial charge is 0.497 e. The summed E-state index contributed by atoms with van der Waals surface area (Å²) in [5.41, 5.74) is 2.40. The van der Waals surface area contributed by atoms with E-state index in [1.165, 1.54) is 0 Å². The van der Waals surface area contributed by atoms with Crippen LogP contribution in [0.2, 0.25) is 5.02 Å². The van der Waals surface area contributed by atoms with E-state index in [2.05, 4.69) is 0 Å². The van der Waals surface area contributed by atoms with Crippen LogP contribution in [0.3, 0.4) is 0 Å². The van der Waals surface area contributed by atoms with Gasteiger partial charge in [-0.3, -0.25) is 4.79 Å². The molecule has 0 aliphatic heterocycles. The van der Waals surface area contributed by atoms with Crippen LogP contribution in [0, 0.1) is 13.8 Å². The fraction of sp³-hybridized carbons (Fsp3) is 0.235. The Kier molecular flexibility index (Phi) is 4.86. The van der Waals surface area contributed by atoms with E-state index in [1.54, 1.807) is 31.4 Å². The van der Waals surface area contributed by atoms with Crippen LogP contribution in [-0.4, -0.2) is 19.5 Å². The van der Waals surface area contributed by atoms with E-state index >= 15 is 0 Å². The van der Waals surface area contributed by atoms with Crippen LogP contribution in [0.15, 0.2) is 36.4 Å². The summed E-state index contributed by atoms with van der Waals surface area (Å²) in [6.07, 6.45) is 0. The lowest BCUT2D eigenvalue weighted by Gasteiger charge is -2.12. The molecule has 3 nitrogen and oxygen atoms in total. The summed E-state index contributed by atoms with van der Waals surface area (Å²) in [7, 11) is 1.57. The van der Waals surface area contributed by atoms with Gasteiger partial charge in [-0.05, 0) is 49.2 Å². The first-order valence-electron chi connectivity index (χ1n) is 6.58. The molecular weight excluding hydrogens is 288 g/mol. The molecule has 0 spiro atoms. The fourth-order valence-corrected chi connectivity index (χ4v) is 2.47. The number of rotatable bonds is 5. The number of benzene rings is 2. The smallest absolute Gasteiger partial charge is 0.200 e. The lowest BCUT2D eigenvalue weighted by molar-refractivity contribution is 0.0920. The second kappa shape index (κ2) is 6.64. The summed E-state index contributed by atoms with van der Waals surface area (Å²) in [5, 5.41) is 0.663. The van der Waals surface area contributed by atoms with Crippen molar-refractivity contribution in [1.29, 1.82) is 0 Å². The molecule has 0 aliphatic rings. The molecule has 0 saturated heterocycles. The predicted molar refractivity (Wildman–Crippen MR) is 83.7 cm³/mol. The number of halogens is 1. The van der Waals surface area contributed by atoms with Crippen LogP contribution in [0.25, 0.3) is 0 Å². The molecule has 0 atom stereocenters. The Bertz CT molecular complexity index is 642. The summed E-state index contributed by atoms with van der Waals surface area (Å²) in [5.74, 6) is 1.26. The number of Topliss-reactive ketones (excluding diaryl/α,β-unsaturated/α-hetero) is 1. The maximum atomic E-state index is 12.2. The van der Waals surface area contributed by atoms with Gasteiger partial charge in [0.1, 0.15) is 11.5 Å². The number of carbonyl (C=O) groups is 1. The van der Waals surface area contributed by atoms with Gasteiger partial charge in [0, 0.05) is 10.6 Å². The third-order valence-corrected chi connectivity index (χ3v) is 3.38. The van der Waals surface area contributed by atoms with Crippen LogP contribution >= 0.6 is 11.6 Å². The van der Waals surface area contributed by atoms with Crippen molar-refractivity contribution in [2.75, 3.05) is 13.7 Å². The van der Waals surface area contributed by atoms with Gasteiger partial charge in [-0.1, -0.05) is 23.7 Å². The molecule has 2 rings (SSSR count). The molecule has 0 saturated carbocycles. The summed E-state index contributed by atoms with van der Waals surface area (Å²) in [6, 6.07) is 10.7. The highest BCUT2D eigenvalue weighted by atomic mass is 35.5. The Morgan fingerprint density at radius 1 is 1.14 bits per heavy atom. The summed E-state index contributed by atoms with van der Waals surface area (Å²) in [4.78, 5) is 12.2. The standard InChI is InChI=1S/C17H17ClO3/c1-11-7-14(18)8-12(2)17(11)21-10-16(19)13-5-4-6-15(9-13)20-3/h4-9H,10H2,1-3H3. The van der Waals surface area contributed by atoms with Crippen molar-refractivity contribution in [2.45, 2.75) is 13.8 Å². The minimum absolute atomic E-state index is 0.0174. The van der Waals surface area contributed by atoms with E-state index in [1.807, 2.05) is 26.0 Å². The van der Waals surface area contributed by atoms with Gasteiger partial charge >= 0.3 is 0 Å². The van der Waals surface area contributed by atoms with E-state index in [9.17, 15) is 4.79 Å². The molecular formula is C17H17ClO3. The molecule has 0 fully saturated rings. The molecule has 2 aromatic rings. The minimum atomic E-state index is -0.0948. The molecule has 0 bridgehead atoms. The zero-order chi connectivity index (χ0) is 15.4. The van der Waals surface area contributed by atoms with Gasteiger partial charge in [-0.25, -0.2) is 0 Å². The van der Waals surface area contributed by atoms with E-state index < -0.39 is 0 Å². The Hall–Kier alpha value is -2.00. The minimum Gasteiger partial charge on any atom is -0.497 e. The molecule has 0 aromatic heterocycles. The zero-order valence-corrected chi connectivity index (χ0v) is 13.0. The number of ketones is 1. The average molecular weight is 305 g/mol. The number of hydrogen-bond acceptors (Lipinski definition) is 3. The first-order chi connectivity index (χ1) is 10.0. The molecule has 0 N–H and O–H groups in total. The van der Waals surface area contributed by atoms with Crippen LogP contribution < -0.4 is 9.47 Å². The molecule has 21 heavy (non-hydrogen) atoms.